The minimum atomic E-state index is -3.66. The molecule has 2 amide bonds. The Morgan fingerprint density at radius 3 is 2.52 bits per heavy atom. The van der Waals surface area contributed by atoms with Gasteiger partial charge in [-0.15, -0.1) is 0 Å². The average molecular weight is 406 g/mol. The summed E-state index contributed by atoms with van der Waals surface area (Å²) in [5.41, 5.74) is 0. The summed E-state index contributed by atoms with van der Waals surface area (Å²) in [5, 5.41) is 5.07. The van der Waals surface area contributed by atoms with Gasteiger partial charge in [0.15, 0.2) is 0 Å². The third kappa shape index (κ3) is 7.58. The molecule has 9 heteroatoms. The number of rotatable bonds is 8. The Kier molecular flexibility index (Phi) is 7.66. The largest absolute Gasteiger partial charge is 0.352 e. The molecule has 0 aromatic heterocycles. The molecular weight excluding hydrogens is 386 g/mol. The number of nitrogens with one attached hydrogen (secondary N) is 3. The van der Waals surface area contributed by atoms with E-state index in [0.717, 1.165) is 0 Å². The number of carbonyl (C=O) groups excluding carboxylic acids is 2. The topological polar surface area (TPSA) is 104 Å². The number of hydrogen-bond acceptors (Lipinski definition) is 4. The van der Waals surface area contributed by atoms with Gasteiger partial charge in [-0.1, -0.05) is 22.0 Å². The van der Waals surface area contributed by atoms with Crippen LogP contribution in [-0.2, 0) is 19.6 Å². The lowest BCUT2D eigenvalue weighted by Gasteiger charge is -2.10. The van der Waals surface area contributed by atoms with Crippen LogP contribution < -0.4 is 15.4 Å². The summed E-state index contributed by atoms with van der Waals surface area (Å²) >= 11 is 3.20. The van der Waals surface area contributed by atoms with Crippen molar-refractivity contribution in [2.75, 3.05) is 13.1 Å². The van der Waals surface area contributed by atoms with E-state index in [4.69, 9.17) is 0 Å². The van der Waals surface area contributed by atoms with E-state index in [1.54, 1.807) is 12.1 Å². The Morgan fingerprint density at radius 1 is 1.22 bits per heavy atom. The Morgan fingerprint density at radius 2 is 1.91 bits per heavy atom. The van der Waals surface area contributed by atoms with Crippen molar-refractivity contribution in [3.8, 4) is 0 Å². The molecule has 0 unspecified atom stereocenters. The maximum Gasteiger partial charge on any atom is 0.240 e. The maximum atomic E-state index is 12.0. The first-order valence-corrected chi connectivity index (χ1v) is 9.29. The Balaban J connectivity index is 2.38. The predicted molar refractivity (Wildman–Crippen MR) is 90.2 cm³/mol. The van der Waals surface area contributed by atoms with Gasteiger partial charge in [-0.2, -0.15) is 0 Å². The first kappa shape index (κ1) is 19.6. The molecule has 0 aliphatic rings. The lowest BCUT2D eigenvalue weighted by molar-refractivity contribution is -0.126. The highest BCUT2D eigenvalue weighted by Gasteiger charge is 2.14. The second-order valence-electron chi connectivity index (χ2n) is 5.10. The van der Waals surface area contributed by atoms with Crippen LogP contribution in [0.4, 0.5) is 0 Å². The molecule has 23 heavy (non-hydrogen) atoms. The normalized spacial score (nSPS) is 11.3. The number of hydrogen-bond donors (Lipinski definition) is 3. The molecule has 0 atom stereocenters. The number of sulfonamides is 1. The zero-order valence-corrected chi connectivity index (χ0v) is 15.3. The van der Waals surface area contributed by atoms with Crippen LogP contribution >= 0.6 is 15.9 Å². The smallest absolute Gasteiger partial charge is 0.240 e. The molecule has 0 saturated carbocycles. The summed E-state index contributed by atoms with van der Waals surface area (Å²) in [7, 11) is -3.66. The highest BCUT2D eigenvalue weighted by molar-refractivity contribution is 9.10. The number of carbonyl (C=O) groups is 2. The van der Waals surface area contributed by atoms with Crippen LogP contribution in [0.5, 0.6) is 0 Å². The van der Waals surface area contributed by atoms with Crippen LogP contribution in [-0.4, -0.2) is 39.4 Å². The van der Waals surface area contributed by atoms with Crippen LogP contribution in [0.1, 0.15) is 20.3 Å². The third-order valence-corrected chi connectivity index (χ3v) is 4.60. The molecule has 7 nitrogen and oxygen atoms in total. The summed E-state index contributed by atoms with van der Waals surface area (Å²) in [6.07, 6.45) is -0.0534. The van der Waals surface area contributed by atoms with Gasteiger partial charge >= 0.3 is 0 Å². The van der Waals surface area contributed by atoms with Crippen molar-refractivity contribution in [3.63, 3.8) is 0 Å². The highest BCUT2D eigenvalue weighted by atomic mass is 79.9. The van der Waals surface area contributed by atoms with Crippen LogP contribution in [0.15, 0.2) is 33.6 Å². The van der Waals surface area contributed by atoms with Gasteiger partial charge in [0.1, 0.15) is 0 Å². The van der Waals surface area contributed by atoms with Gasteiger partial charge in [-0.25, -0.2) is 13.1 Å². The minimum Gasteiger partial charge on any atom is -0.352 e. The summed E-state index contributed by atoms with van der Waals surface area (Å²) < 4.78 is 27.0. The molecule has 0 fully saturated rings. The van der Waals surface area contributed by atoms with Crippen molar-refractivity contribution in [1.82, 2.24) is 15.4 Å². The van der Waals surface area contributed by atoms with Crippen molar-refractivity contribution in [1.29, 1.82) is 0 Å². The minimum absolute atomic E-state index is 0.00333. The Bertz CT molecular complexity index is 662. The second kappa shape index (κ2) is 8.99. The van der Waals surface area contributed by atoms with Gasteiger partial charge < -0.3 is 10.6 Å². The molecule has 1 aromatic carbocycles. The van der Waals surface area contributed by atoms with E-state index in [1.165, 1.54) is 12.1 Å². The zero-order chi connectivity index (χ0) is 17.5. The quantitative estimate of drug-likeness (QED) is 0.593. The van der Waals surface area contributed by atoms with E-state index in [-0.39, 0.29) is 36.4 Å². The summed E-state index contributed by atoms with van der Waals surface area (Å²) in [6.45, 7) is 3.45. The van der Waals surface area contributed by atoms with Crippen LogP contribution in [0, 0.1) is 0 Å². The van der Waals surface area contributed by atoms with E-state index in [2.05, 4.69) is 31.3 Å². The average Bonchev–Trinajstić information content (AvgIpc) is 2.44. The summed E-state index contributed by atoms with van der Waals surface area (Å²) in [6, 6.07) is 6.26. The second-order valence-corrected chi connectivity index (χ2v) is 7.79. The molecule has 0 bridgehead atoms. The van der Waals surface area contributed by atoms with Gasteiger partial charge in [0, 0.05) is 23.5 Å². The summed E-state index contributed by atoms with van der Waals surface area (Å²) in [4.78, 5) is 23.1. The van der Waals surface area contributed by atoms with Crippen LogP contribution in [0.25, 0.3) is 0 Å². The first-order chi connectivity index (χ1) is 10.7. The zero-order valence-electron chi connectivity index (χ0n) is 12.9. The van der Waals surface area contributed by atoms with Crippen molar-refractivity contribution in [2.45, 2.75) is 31.2 Å². The summed E-state index contributed by atoms with van der Waals surface area (Å²) in [5.74, 6) is -0.691. The van der Waals surface area contributed by atoms with Gasteiger partial charge in [0.2, 0.25) is 21.8 Å². The molecule has 0 radical (unpaired) electrons. The van der Waals surface area contributed by atoms with Gasteiger partial charge in [0.25, 0.3) is 0 Å². The number of amides is 2. The van der Waals surface area contributed by atoms with E-state index in [1.807, 2.05) is 13.8 Å². The predicted octanol–water partition coefficient (Wildman–Crippen LogP) is 0.758. The molecule has 1 rings (SSSR count). The van der Waals surface area contributed by atoms with Gasteiger partial charge in [-0.3, -0.25) is 9.59 Å². The fraction of sp³-hybridized carbons (Fsp3) is 0.429. The molecule has 1 aromatic rings. The monoisotopic (exact) mass is 405 g/mol. The highest BCUT2D eigenvalue weighted by Crippen LogP contribution is 2.15. The van der Waals surface area contributed by atoms with Crippen molar-refractivity contribution in [3.05, 3.63) is 28.7 Å². The van der Waals surface area contributed by atoms with E-state index >= 15 is 0 Å². The van der Waals surface area contributed by atoms with Crippen molar-refractivity contribution in [2.24, 2.45) is 0 Å². The molecule has 0 saturated heterocycles. The molecule has 128 valence electrons. The van der Waals surface area contributed by atoms with Crippen LogP contribution in [0.3, 0.4) is 0 Å². The molecule has 0 spiro atoms. The standard InChI is InChI=1S/C14H20BrN3O4S/c1-10(2)18-14(20)9-16-13(19)6-7-17-23(21,22)12-5-3-4-11(15)8-12/h3-5,8,10,17H,6-7,9H2,1-2H3,(H,16,19)(H,18,20). The van der Waals surface area contributed by atoms with Gasteiger partial charge in [-0.05, 0) is 32.0 Å². The maximum absolute atomic E-state index is 12.0. The molecule has 3 N–H and O–H groups in total. The van der Waals surface area contributed by atoms with Crippen molar-refractivity contribution < 1.29 is 18.0 Å². The van der Waals surface area contributed by atoms with Gasteiger partial charge in [0.05, 0.1) is 11.4 Å². The molecule has 0 aliphatic heterocycles. The van der Waals surface area contributed by atoms with E-state index < -0.39 is 15.9 Å². The van der Waals surface area contributed by atoms with Crippen molar-refractivity contribution >= 4 is 37.8 Å². The lowest BCUT2D eigenvalue weighted by atomic mass is 10.3. The van der Waals surface area contributed by atoms with E-state index in [0.29, 0.717) is 4.47 Å². The lowest BCUT2D eigenvalue weighted by Crippen LogP contribution is -2.40. The van der Waals surface area contributed by atoms with Crippen LogP contribution in [0.2, 0.25) is 0 Å². The fourth-order valence-electron chi connectivity index (χ4n) is 1.66. The molecular formula is C14H20BrN3O4S. The van der Waals surface area contributed by atoms with E-state index in [9.17, 15) is 18.0 Å². The molecule has 0 heterocycles. The molecule has 0 aliphatic carbocycles. The third-order valence-electron chi connectivity index (χ3n) is 2.65. The SMILES string of the molecule is CC(C)NC(=O)CNC(=O)CCNS(=O)(=O)c1cccc(Br)c1. The first-order valence-electron chi connectivity index (χ1n) is 7.02. The fourth-order valence-corrected chi connectivity index (χ4v) is 3.28. The Labute approximate surface area is 144 Å². The number of halogens is 1. The number of benzene rings is 1. The Hall–Kier alpha value is -1.45.